The van der Waals surface area contributed by atoms with Crippen LogP contribution in [-0.4, -0.2) is 24.3 Å². The Hall–Kier alpha value is -4.21. The van der Waals surface area contributed by atoms with Gasteiger partial charge in [-0.15, -0.1) is 11.3 Å². The van der Waals surface area contributed by atoms with Gasteiger partial charge in [-0.25, -0.2) is 13.6 Å². The Morgan fingerprint density at radius 2 is 2.08 bits per heavy atom. The molecule has 1 unspecified atom stereocenters. The summed E-state index contributed by atoms with van der Waals surface area (Å²) in [6.45, 7) is 1.66. The molecule has 0 radical (unpaired) electrons. The van der Waals surface area contributed by atoms with Crippen LogP contribution in [0.3, 0.4) is 0 Å². The molecule has 4 aromatic rings. The van der Waals surface area contributed by atoms with E-state index in [1.54, 1.807) is 19.1 Å². The van der Waals surface area contributed by atoms with Crippen molar-refractivity contribution < 1.29 is 23.0 Å². The number of ether oxygens (including phenoxy) is 2. The minimum absolute atomic E-state index is 0.0450. The third kappa shape index (κ3) is 4.29. The average molecular weight is 537 g/mol. The van der Waals surface area contributed by atoms with Crippen molar-refractivity contribution in [3.63, 3.8) is 0 Å². The zero-order valence-corrected chi connectivity index (χ0v) is 21.3. The first kappa shape index (κ1) is 25.4. The molecule has 1 aliphatic carbocycles. The van der Waals surface area contributed by atoms with E-state index in [0.717, 1.165) is 46.7 Å². The zero-order chi connectivity index (χ0) is 27.0. The van der Waals surface area contributed by atoms with Gasteiger partial charge in [-0.3, -0.25) is 4.79 Å². The molecule has 0 saturated heterocycles. The molecule has 8 nitrogen and oxygen atoms in total. The number of aromatic nitrogens is 1. The SMILES string of the molecule is CCOC(=O)c1cn(-c2ccc(F)cc2F)c2c(OC)c(-c3cc4c(s3)CCCC4N=[N+]=[N-])ccc2c1=O. The lowest BCUT2D eigenvalue weighted by Crippen LogP contribution is -2.21. The molecular formula is C27H22F2N4O4S. The fraction of sp³-hybridized carbons (Fsp3) is 0.259. The molecule has 0 N–H and O–H groups in total. The lowest BCUT2D eigenvalue weighted by atomic mass is 9.94. The summed E-state index contributed by atoms with van der Waals surface area (Å²) in [6.07, 6.45) is 3.69. The summed E-state index contributed by atoms with van der Waals surface area (Å²) in [4.78, 5) is 30.9. The van der Waals surface area contributed by atoms with Crippen LogP contribution in [0, 0.1) is 11.6 Å². The largest absolute Gasteiger partial charge is 0.494 e. The van der Waals surface area contributed by atoms with Crippen LogP contribution in [-0.2, 0) is 11.2 Å². The van der Waals surface area contributed by atoms with Crippen LogP contribution in [0.25, 0.3) is 37.5 Å². The number of nitrogens with zero attached hydrogens (tertiary/aromatic N) is 4. The van der Waals surface area contributed by atoms with Crippen LogP contribution in [0.15, 0.2) is 52.5 Å². The van der Waals surface area contributed by atoms with Crippen molar-refractivity contribution in [3.8, 4) is 21.9 Å². The van der Waals surface area contributed by atoms with Gasteiger partial charge in [0.25, 0.3) is 0 Å². The Kier molecular flexibility index (Phi) is 6.88. The summed E-state index contributed by atoms with van der Waals surface area (Å²) < 4.78 is 41.0. The highest BCUT2D eigenvalue weighted by Gasteiger charge is 2.26. The van der Waals surface area contributed by atoms with E-state index >= 15 is 4.39 Å². The van der Waals surface area contributed by atoms with E-state index in [4.69, 9.17) is 15.0 Å². The molecule has 194 valence electrons. The van der Waals surface area contributed by atoms with Crippen LogP contribution in [0.1, 0.15) is 46.6 Å². The van der Waals surface area contributed by atoms with Crippen LogP contribution < -0.4 is 10.2 Å². The van der Waals surface area contributed by atoms with E-state index in [1.807, 2.05) is 6.07 Å². The average Bonchev–Trinajstić information content (AvgIpc) is 3.34. The number of benzene rings is 2. The maximum Gasteiger partial charge on any atom is 0.343 e. The Morgan fingerprint density at radius 1 is 1.26 bits per heavy atom. The van der Waals surface area contributed by atoms with Gasteiger partial charge in [0.1, 0.15) is 22.7 Å². The molecule has 38 heavy (non-hydrogen) atoms. The Morgan fingerprint density at radius 3 is 2.79 bits per heavy atom. The van der Waals surface area contributed by atoms with Gasteiger partial charge in [0, 0.05) is 32.5 Å². The first-order valence-electron chi connectivity index (χ1n) is 11.9. The van der Waals surface area contributed by atoms with Gasteiger partial charge in [0.2, 0.25) is 5.43 Å². The van der Waals surface area contributed by atoms with Gasteiger partial charge in [-0.05, 0) is 67.6 Å². The maximum absolute atomic E-state index is 15.0. The maximum atomic E-state index is 15.0. The molecule has 0 aliphatic heterocycles. The number of carbonyl (C=O) groups is 1. The van der Waals surface area contributed by atoms with Crippen molar-refractivity contribution in [2.75, 3.05) is 13.7 Å². The summed E-state index contributed by atoms with van der Waals surface area (Å²) in [5.41, 5.74) is 9.83. The molecule has 11 heteroatoms. The molecule has 0 spiro atoms. The third-order valence-electron chi connectivity index (χ3n) is 6.53. The normalized spacial score (nSPS) is 14.6. The van der Waals surface area contributed by atoms with E-state index < -0.39 is 23.0 Å². The minimum Gasteiger partial charge on any atom is -0.494 e. The molecule has 0 fully saturated rings. The minimum atomic E-state index is -0.888. The number of hydrogen-bond acceptors (Lipinski definition) is 6. The molecule has 1 aliphatic rings. The number of aryl methyl sites for hydroxylation is 1. The fourth-order valence-corrected chi connectivity index (χ4v) is 6.14. The van der Waals surface area contributed by atoms with Crippen molar-refractivity contribution in [2.24, 2.45) is 5.11 Å². The number of fused-ring (bicyclic) bond motifs is 2. The first-order chi connectivity index (χ1) is 18.4. The quantitative estimate of drug-likeness (QED) is 0.116. The lowest BCUT2D eigenvalue weighted by Gasteiger charge is -2.18. The highest BCUT2D eigenvalue weighted by atomic mass is 32.1. The number of thiophene rings is 1. The molecule has 0 amide bonds. The van der Waals surface area contributed by atoms with Crippen LogP contribution in [0.4, 0.5) is 8.78 Å². The van der Waals surface area contributed by atoms with Gasteiger partial charge in [0.05, 0.1) is 30.8 Å². The second-order valence-corrected chi connectivity index (χ2v) is 9.84. The van der Waals surface area contributed by atoms with E-state index in [2.05, 4.69) is 10.0 Å². The van der Waals surface area contributed by atoms with Crippen molar-refractivity contribution >= 4 is 28.2 Å². The number of pyridine rings is 1. The summed E-state index contributed by atoms with van der Waals surface area (Å²) in [7, 11) is 1.43. The highest BCUT2D eigenvalue weighted by molar-refractivity contribution is 7.15. The second kappa shape index (κ2) is 10.3. The Balaban J connectivity index is 1.82. The number of azide groups is 1. The summed E-state index contributed by atoms with van der Waals surface area (Å²) >= 11 is 1.53. The van der Waals surface area contributed by atoms with Crippen LogP contribution in [0.5, 0.6) is 5.75 Å². The van der Waals surface area contributed by atoms with Gasteiger partial charge < -0.3 is 14.0 Å². The molecule has 2 heterocycles. The molecule has 0 bridgehead atoms. The van der Waals surface area contributed by atoms with E-state index in [9.17, 15) is 14.0 Å². The topological polar surface area (TPSA) is 106 Å². The van der Waals surface area contributed by atoms with Gasteiger partial charge in [-0.1, -0.05) is 5.11 Å². The van der Waals surface area contributed by atoms with E-state index in [1.165, 1.54) is 35.3 Å². The lowest BCUT2D eigenvalue weighted by molar-refractivity contribution is 0.0524. The van der Waals surface area contributed by atoms with Gasteiger partial charge in [0.15, 0.2) is 5.75 Å². The summed E-state index contributed by atoms with van der Waals surface area (Å²) in [6, 6.07) is 8.00. The predicted octanol–water partition coefficient (Wildman–Crippen LogP) is 6.87. The van der Waals surface area contributed by atoms with E-state index in [-0.39, 0.29) is 40.6 Å². The number of halogens is 2. The van der Waals surface area contributed by atoms with Crippen molar-refractivity contribution in [2.45, 2.75) is 32.2 Å². The van der Waals surface area contributed by atoms with Crippen LogP contribution in [0.2, 0.25) is 0 Å². The number of esters is 1. The second-order valence-electron chi connectivity index (χ2n) is 8.70. The van der Waals surface area contributed by atoms with E-state index in [0.29, 0.717) is 5.56 Å². The number of carbonyl (C=O) groups excluding carboxylic acids is 1. The number of methoxy groups -OCH3 is 1. The molecule has 2 aromatic heterocycles. The summed E-state index contributed by atoms with van der Waals surface area (Å²) in [5.74, 6) is -2.24. The highest BCUT2D eigenvalue weighted by Crippen LogP contribution is 2.45. The van der Waals surface area contributed by atoms with Crippen molar-refractivity contribution in [3.05, 3.63) is 90.9 Å². The fourth-order valence-electron chi connectivity index (χ4n) is 4.86. The number of rotatable bonds is 6. The van der Waals surface area contributed by atoms with Crippen molar-refractivity contribution in [1.82, 2.24) is 4.57 Å². The molecule has 1 atom stereocenters. The standard InChI is InChI=1S/C27H22F2N4O4S/c1-3-37-27(35)18-13-33(21-10-7-14(28)11-19(21)29)24-16(25(18)34)9-8-15(26(24)36-2)23-12-17-20(31-32-30)5-4-6-22(17)38-23/h7-13,20H,3-6H2,1-2H3. The molecule has 0 saturated carbocycles. The van der Waals surface area contributed by atoms with Gasteiger partial charge in [-0.2, -0.15) is 0 Å². The van der Waals surface area contributed by atoms with Crippen molar-refractivity contribution in [1.29, 1.82) is 0 Å². The Bertz CT molecular complexity index is 1690. The Labute approximate surface area is 219 Å². The smallest absolute Gasteiger partial charge is 0.343 e. The van der Waals surface area contributed by atoms with Crippen LogP contribution >= 0.6 is 11.3 Å². The first-order valence-corrected chi connectivity index (χ1v) is 12.8. The third-order valence-corrected chi connectivity index (χ3v) is 7.77. The van der Waals surface area contributed by atoms with Gasteiger partial charge >= 0.3 is 5.97 Å². The number of hydrogen-bond donors (Lipinski definition) is 0. The molecule has 2 aromatic carbocycles. The molecule has 5 rings (SSSR count). The monoisotopic (exact) mass is 536 g/mol. The summed E-state index contributed by atoms with van der Waals surface area (Å²) in [5, 5.41) is 4.05. The zero-order valence-electron chi connectivity index (χ0n) is 20.5. The molecular weight excluding hydrogens is 514 g/mol. The predicted molar refractivity (Wildman–Crippen MR) is 140 cm³/mol.